The van der Waals surface area contributed by atoms with E-state index in [1.165, 1.54) is 5.56 Å². The second kappa shape index (κ2) is 7.87. The van der Waals surface area contributed by atoms with Crippen LogP contribution >= 0.6 is 0 Å². The van der Waals surface area contributed by atoms with E-state index in [2.05, 4.69) is 5.32 Å². The summed E-state index contributed by atoms with van der Waals surface area (Å²) in [7, 11) is -3.42. The fraction of sp³-hybridized carbons (Fsp3) is 0.632. The van der Waals surface area contributed by atoms with Gasteiger partial charge in [-0.1, -0.05) is 18.9 Å². The maximum absolute atomic E-state index is 12.5. The van der Waals surface area contributed by atoms with Crippen molar-refractivity contribution in [3.05, 3.63) is 29.3 Å². The molecule has 2 unspecified atom stereocenters. The largest absolute Gasteiger partial charge is 0.353 e. The van der Waals surface area contributed by atoms with Crippen LogP contribution in [0.15, 0.2) is 23.1 Å². The zero-order valence-corrected chi connectivity index (χ0v) is 15.5. The molecular formula is C19H28N2O3S. The Balaban J connectivity index is 1.57. The van der Waals surface area contributed by atoms with Gasteiger partial charge in [-0.15, -0.1) is 0 Å². The molecule has 0 spiro atoms. The molecule has 1 saturated carbocycles. The molecule has 138 valence electrons. The SMILES string of the molecule is NCC1CCCCC1NC(=O)CCS(=O)(=O)c1ccc2c(c1)CCC2. The number of fused-ring (bicyclic) bond motifs is 1. The third-order valence-corrected chi connectivity index (χ3v) is 7.30. The topological polar surface area (TPSA) is 89.3 Å². The number of sulfone groups is 1. The van der Waals surface area contributed by atoms with Gasteiger partial charge in [0.25, 0.3) is 0 Å². The number of benzene rings is 1. The zero-order valence-electron chi connectivity index (χ0n) is 14.7. The molecule has 0 heterocycles. The number of carbonyl (C=O) groups excluding carboxylic acids is 1. The molecule has 1 aromatic carbocycles. The summed E-state index contributed by atoms with van der Waals surface area (Å²) in [6.45, 7) is 0.568. The Morgan fingerprint density at radius 3 is 2.68 bits per heavy atom. The van der Waals surface area contributed by atoms with Crippen molar-refractivity contribution in [1.82, 2.24) is 5.32 Å². The van der Waals surface area contributed by atoms with E-state index in [1.54, 1.807) is 12.1 Å². The number of hydrogen-bond donors (Lipinski definition) is 2. The van der Waals surface area contributed by atoms with Gasteiger partial charge in [0.1, 0.15) is 0 Å². The second-order valence-corrected chi connectivity index (χ2v) is 9.42. The summed E-state index contributed by atoms with van der Waals surface area (Å²) in [5.41, 5.74) is 8.18. The maximum atomic E-state index is 12.5. The van der Waals surface area contributed by atoms with Gasteiger partial charge in [-0.25, -0.2) is 8.42 Å². The predicted octanol–water partition coefficient (Wildman–Crippen LogP) is 1.97. The molecule has 1 aromatic rings. The van der Waals surface area contributed by atoms with E-state index in [9.17, 15) is 13.2 Å². The molecule has 5 nitrogen and oxygen atoms in total. The van der Waals surface area contributed by atoms with Crippen LogP contribution in [-0.4, -0.2) is 32.7 Å². The van der Waals surface area contributed by atoms with E-state index in [0.717, 1.165) is 50.5 Å². The monoisotopic (exact) mass is 364 g/mol. The average molecular weight is 365 g/mol. The molecule has 2 aliphatic carbocycles. The van der Waals surface area contributed by atoms with Gasteiger partial charge in [0.05, 0.1) is 10.6 Å². The Kier molecular flexibility index (Phi) is 5.79. The van der Waals surface area contributed by atoms with Crippen LogP contribution < -0.4 is 11.1 Å². The molecule has 3 rings (SSSR count). The molecule has 6 heteroatoms. The lowest BCUT2D eigenvalue weighted by molar-refractivity contribution is -0.122. The van der Waals surface area contributed by atoms with Crippen molar-refractivity contribution in [3.63, 3.8) is 0 Å². The Bertz CT molecular complexity index is 730. The highest BCUT2D eigenvalue weighted by atomic mass is 32.2. The molecule has 0 bridgehead atoms. The molecule has 0 aliphatic heterocycles. The summed E-state index contributed by atoms with van der Waals surface area (Å²) in [5.74, 6) is -0.0152. The molecule has 1 fully saturated rings. The third kappa shape index (κ3) is 4.42. The molecular weight excluding hydrogens is 336 g/mol. The number of nitrogens with two attached hydrogens (primary N) is 1. The van der Waals surface area contributed by atoms with E-state index in [1.807, 2.05) is 6.07 Å². The highest BCUT2D eigenvalue weighted by molar-refractivity contribution is 7.91. The smallest absolute Gasteiger partial charge is 0.221 e. The summed E-state index contributed by atoms with van der Waals surface area (Å²) in [6, 6.07) is 5.49. The van der Waals surface area contributed by atoms with Crippen LogP contribution in [0, 0.1) is 5.92 Å². The van der Waals surface area contributed by atoms with Crippen LogP contribution in [0.2, 0.25) is 0 Å². The zero-order chi connectivity index (χ0) is 17.9. The van der Waals surface area contributed by atoms with E-state index >= 15 is 0 Å². The quantitative estimate of drug-likeness (QED) is 0.808. The summed E-state index contributed by atoms with van der Waals surface area (Å²) in [6.07, 6.45) is 7.29. The van der Waals surface area contributed by atoms with Crippen LogP contribution in [0.4, 0.5) is 0 Å². The number of hydrogen-bond acceptors (Lipinski definition) is 4. The van der Waals surface area contributed by atoms with Crippen molar-refractivity contribution in [2.24, 2.45) is 11.7 Å². The van der Waals surface area contributed by atoms with Gasteiger partial charge in [0.2, 0.25) is 5.91 Å². The van der Waals surface area contributed by atoms with Gasteiger partial charge in [-0.2, -0.15) is 0 Å². The van der Waals surface area contributed by atoms with Gasteiger partial charge in [-0.3, -0.25) is 4.79 Å². The first-order valence-corrected chi connectivity index (χ1v) is 11.0. The predicted molar refractivity (Wildman–Crippen MR) is 98.1 cm³/mol. The lowest BCUT2D eigenvalue weighted by Gasteiger charge is -2.31. The van der Waals surface area contributed by atoms with Crippen molar-refractivity contribution < 1.29 is 13.2 Å². The Morgan fingerprint density at radius 2 is 1.88 bits per heavy atom. The maximum Gasteiger partial charge on any atom is 0.221 e. The lowest BCUT2D eigenvalue weighted by atomic mass is 9.84. The van der Waals surface area contributed by atoms with E-state index in [-0.39, 0.29) is 24.1 Å². The van der Waals surface area contributed by atoms with Crippen molar-refractivity contribution in [1.29, 1.82) is 0 Å². The molecule has 0 radical (unpaired) electrons. The van der Waals surface area contributed by atoms with E-state index < -0.39 is 9.84 Å². The van der Waals surface area contributed by atoms with Crippen LogP contribution in [0.25, 0.3) is 0 Å². The second-order valence-electron chi connectivity index (χ2n) is 7.31. The first-order chi connectivity index (χ1) is 12.0. The molecule has 2 atom stereocenters. The Hall–Kier alpha value is -1.40. The summed E-state index contributed by atoms with van der Waals surface area (Å²) >= 11 is 0. The van der Waals surface area contributed by atoms with Crippen LogP contribution in [0.1, 0.15) is 49.7 Å². The van der Waals surface area contributed by atoms with Crippen molar-refractivity contribution in [3.8, 4) is 0 Å². The van der Waals surface area contributed by atoms with Crippen LogP contribution in [0.3, 0.4) is 0 Å². The molecule has 3 N–H and O–H groups in total. The van der Waals surface area contributed by atoms with Gasteiger partial charge in [0, 0.05) is 12.5 Å². The van der Waals surface area contributed by atoms with Crippen LogP contribution in [-0.2, 0) is 27.5 Å². The highest BCUT2D eigenvalue weighted by Gasteiger charge is 2.26. The van der Waals surface area contributed by atoms with Gasteiger partial charge >= 0.3 is 0 Å². The average Bonchev–Trinajstić information content (AvgIpc) is 3.08. The third-order valence-electron chi connectivity index (χ3n) is 5.59. The molecule has 0 saturated heterocycles. The summed E-state index contributed by atoms with van der Waals surface area (Å²) in [4.78, 5) is 12.6. The van der Waals surface area contributed by atoms with Crippen molar-refractivity contribution in [2.75, 3.05) is 12.3 Å². The molecule has 25 heavy (non-hydrogen) atoms. The van der Waals surface area contributed by atoms with E-state index in [4.69, 9.17) is 5.73 Å². The van der Waals surface area contributed by atoms with Gasteiger partial charge in [-0.05, 0) is 67.8 Å². The van der Waals surface area contributed by atoms with Crippen molar-refractivity contribution in [2.45, 2.75) is 62.3 Å². The fourth-order valence-electron chi connectivity index (χ4n) is 4.05. The molecule has 0 aromatic heterocycles. The van der Waals surface area contributed by atoms with Crippen molar-refractivity contribution >= 4 is 15.7 Å². The normalized spacial score (nSPS) is 23.2. The number of amides is 1. The standard InChI is InChI=1S/C19H28N2O3S/c20-13-16-4-1-2-7-18(16)21-19(22)10-11-25(23,24)17-9-8-14-5-3-6-15(14)12-17/h8-9,12,16,18H,1-7,10-11,13,20H2,(H,21,22). The Labute approximate surface area is 150 Å². The lowest BCUT2D eigenvalue weighted by Crippen LogP contribution is -2.45. The molecule has 2 aliphatic rings. The number of carbonyl (C=O) groups is 1. The number of aryl methyl sites for hydroxylation is 2. The van der Waals surface area contributed by atoms with Gasteiger partial charge in [0.15, 0.2) is 9.84 Å². The minimum Gasteiger partial charge on any atom is -0.353 e. The minimum atomic E-state index is -3.42. The highest BCUT2D eigenvalue weighted by Crippen LogP contribution is 2.26. The summed E-state index contributed by atoms with van der Waals surface area (Å²) < 4.78 is 25.1. The molecule has 1 amide bonds. The van der Waals surface area contributed by atoms with Crippen LogP contribution in [0.5, 0.6) is 0 Å². The number of rotatable bonds is 6. The first kappa shape index (κ1) is 18.4. The number of nitrogens with one attached hydrogen (secondary N) is 1. The van der Waals surface area contributed by atoms with E-state index in [0.29, 0.717) is 17.4 Å². The fourth-order valence-corrected chi connectivity index (χ4v) is 5.33. The summed E-state index contributed by atoms with van der Waals surface area (Å²) in [5, 5.41) is 3.00. The van der Waals surface area contributed by atoms with Gasteiger partial charge < -0.3 is 11.1 Å². The minimum absolute atomic E-state index is 0.00715. The Morgan fingerprint density at radius 1 is 1.12 bits per heavy atom. The first-order valence-electron chi connectivity index (χ1n) is 9.33.